The third-order valence-corrected chi connectivity index (χ3v) is 2.36. The third-order valence-electron chi connectivity index (χ3n) is 2.36. The molecule has 0 aliphatic rings. The number of rotatable bonds is 2. The quantitative estimate of drug-likeness (QED) is 0.827. The van der Waals surface area contributed by atoms with E-state index in [1.165, 1.54) is 31.4 Å². The van der Waals surface area contributed by atoms with E-state index in [2.05, 4.69) is 0 Å². The fourth-order valence-electron chi connectivity index (χ4n) is 1.56. The molecule has 0 atom stereocenters. The van der Waals surface area contributed by atoms with Crippen molar-refractivity contribution in [3.63, 3.8) is 0 Å². The van der Waals surface area contributed by atoms with Crippen LogP contribution in [-0.2, 0) is 6.30 Å². The first-order valence-electron chi connectivity index (χ1n) is 4.96. The lowest BCUT2D eigenvalue weighted by atomic mass is 10.3. The molecule has 18 heavy (non-hydrogen) atoms. The van der Waals surface area contributed by atoms with Crippen molar-refractivity contribution in [1.29, 1.82) is 0 Å². The number of nitrogens with zero attached hydrogens (tertiary/aromatic N) is 2. The predicted molar refractivity (Wildman–Crippen MR) is 57.9 cm³/mol. The van der Waals surface area contributed by atoms with Gasteiger partial charge in [0, 0.05) is 12.3 Å². The van der Waals surface area contributed by atoms with Crippen molar-refractivity contribution in [2.75, 3.05) is 7.11 Å². The van der Waals surface area contributed by atoms with E-state index in [1.54, 1.807) is 0 Å². The number of aromatic nitrogens is 2. The Kier molecular flexibility index (Phi) is 2.90. The second-order valence-electron chi connectivity index (χ2n) is 3.48. The molecule has 1 heterocycles. The zero-order valence-electron chi connectivity index (χ0n) is 9.31. The molecule has 0 amide bonds. The maximum Gasteiger partial charge on any atom is 0.506 e. The lowest BCUT2D eigenvalue weighted by Crippen LogP contribution is -2.32. The molecule has 2 rings (SSSR count). The van der Waals surface area contributed by atoms with Gasteiger partial charge in [-0.25, -0.2) is 0 Å². The minimum Gasteiger partial charge on any atom is -0.497 e. The number of methoxy groups -OCH3 is 1. The van der Waals surface area contributed by atoms with Gasteiger partial charge in [0.2, 0.25) is 0 Å². The topological polar surface area (TPSA) is 36.2 Å². The summed E-state index contributed by atoms with van der Waals surface area (Å²) in [6.45, 7) is 0. The summed E-state index contributed by atoms with van der Waals surface area (Å²) < 4.78 is 43.4. The fourth-order valence-corrected chi connectivity index (χ4v) is 1.56. The Labute approximate surface area is 99.8 Å². The van der Waals surface area contributed by atoms with E-state index in [1.807, 2.05) is 0 Å². The highest BCUT2D eigenvalue weighted by Crippen LogP contribution is 2.22. The first kappa shape index (κ1) is 12.3. The summed E-state index contributed by atoms with van der Waals surface area (Å²) in [5, 5.41) is 0. The Morgan fingerprint density at radius 3 is 2.22 bits per heavy atom. The highest BCUT2D eigenvalue weighted by molar-refractivity contribution is 5.36. The second-order valence-corrected chi connectivity index (χ2v) is 3.48. The van der Waals surface area contributed by atoms with Crippen molar-refractivity contribution in [3.05, 3.63) is 46.9 Å². The molecular weight excluding hydrogens is 249 g/mol. The van der Waals surface area contributed by atoms with E-state index in [4.69, 9.17) is 4.74 Å². The summed E-state index contributed by atoms with van der Waals surface area (Å²) in [4.78, 5) is 11.2. The molecule has 0 fully saturated rings. The summed E-state index contributed by atoms with van der Waals surface area (Å²) in [5.74, 6) is 0.520. The van der Waals surface area contributed by atoms with Crippen molar-refractivity contribution in [1.82, 2.24) is 9.36 Å². The van der Waals surface area contributed by atoms with Crippen LogP contribution in [0.15, 0.2) is 41.3 Å². The molecule has 1 aromatic carbocycles. The van der Waals surface area contributed by atoms with Crippen molar-refractivity contribution in [3.8, 4) is 11.4 Å². The average molecular weight is 258 g/mol. The molecular formula is C11H9F3N2O2. The SMILES string of the molecule is COc1ccc(-n2ccc(=O)n2C(F)(F)F)cc1. The van der Waals surface area contributed by atoms with Crippen LogP contribution in [0.3, 0.4) is 0 Å². The van der Waals surface area contributed by atoms with Gasteiger partial charge in [-0.15, -0.1) is 13.2 Å². The molecule has 96 valence electrons. The van der Waals surface area contributed by atoms with Crippen molar-refractivity contribution in [2.45, 2.75) is 6.30 Å². The van der Waals surface area contributed by atoms with Gasteiger partial charge in [0.15, 0.2) is 0 Å². The maximum atomic E-state index is 12.7. The summed E-state index contributed by atoms with van der Waals surface area (Å²) in [7, 11) is 1.45. The Bertz CT molecular complexity index is 596. The van der Waals surface area contributed by atoms with Crippen LogP contribution in [0.4, 0.5) is 13.2 Å². The van der Waals surface area contributed by atoms with Crippen LogP contribution in [0, 0.1) is 0 Å². The molecule has 0 saturated carbocycles. The summed E-state index contributed by atoms with van der Waals surface area (Å²) in [6, 6.07) is 6.75. The molecule has 7 heteroatoms. The minimum absolute atomic E-state index is 0.218. The van der Waals surface area contributed by atoms with Crippen LogP contribution in [0.2, 0.25) is 0 Å². The molecule has 1 aromatic heterocycles. The molecule has 0 spiro atoms. The number of hydrogen-bond donors (Lipinski definition) is 0. The summed E-state index contributed by atoms with van der Waals surface area (Å²) in [5.41, 5.74) is -0.909. The van der Waals surface area contributed by atoms with E-state index < -0.39 is 11.9 Å². The van der Waals surface area contributed by atoms with Gasteiger partial charge in [-0.3, -0.25) is 9.48 Å². The number of halogens is 3. The van der Waals surface area contributed by atoms with Gasteiger partial charge in [-0.1, -0.05) is 0 Å². The molecule has 2 aromatic rings. The fraction of sp³-hybridized carbons (Fsp3) is 0.182. The second kappa shape index (κ2) is 4.25. The molecule has 0 N–H and O–H groups in total. The van der Waals surface area contributed by atoms with Crippen LogP contribution < -0.4 is 10.3 Å². The number of benzene rings is 1. The zero-order chi connectivity index (χ0) is 13.3. The van der Waals surface area contributed by atoms with Crippen LogP contribution in [0.1, 0.15) is 0 Å². The smallest absolute Gasteiger partial charge is 0.497 e. The van der Waals surface area contributed by atoms with Crippen molar-refractivity contribution in [2.24, 2.45) is 0 Å². The number of hydrogen-bond acceptors (Lipinski definition) is 2. The minimum atomic E-state index is -4.76. The number of alkyl halides is 3. The molecule has 4 nitrogen and oxygen atoms in total. The first-order chi connectivity index (χ1) is 8.43. The molecule has 0 bridgehead atoms. The highest BCUT2D eigenvalue weighted by atomic mass is 19.4. The Balaban J connectivity index is 2.54. The van der Waals surface area contributed by atoms with Crippen LogP contribution in [0.5, 0.6) is 5.75 Å². The third kappa shape index (κ3) is 2.11. The lowest BCUT2D eigenvalue weighted by Gasteiger charge is -2.14. The monoisotopic (exact) mass is 258 g/mol. The molecule has 0 radical (unpaired) electrons. The maximum absolute atomic E-state index is 12.7. The summed E-state index contributed by atoms with van der Waals surface area (Å²) in [6.07, 6.45) is -3.70. The van der Waals surface area contributed by atoms with Gasteiger partial charge < -0.3 is 4.74 Å². The van der Waals surface area contributed by atoms with Gasteiger partial charge in [0.25, 0.3) is 5.56 Å². The molecule has 0 unspecified atom stereocenters. The van der Waals surface area contributed by atoms with E-state index in [0.29, 0.717) is 5.75 Å². The molecule has 0 aliphatic heterocycles. The van der Waals surface area contributed by atoms with Gasteiger partial charge in [-0.05, 0) is 24.3 Å². The Morgan fingerprint density at radius 2 is 1.72 bits per heavy atom. The van der Waals surface area contributed by atoms with Gasteiger partial charge >= 0.3 is 6.30 Å². The van der Waals surface area contributed by atoms with E-state index in [9.17, 15) is 18.0 Å². The normalized spacial score (nSPS) is 11.6. The van der Waals surface area contributed by atoms with Crippen LogP contribution >= 0.6 is 0 Å². The Hall–Kier alpha value is -2.18. The first-order valence-corrected chi connectivity index (χ1v) is 4.96. The molecule has 0 saturated heterocycles. The summed E-state index contributed by atoms with van der Waals surface area (Å²) >= 11 is 0. The van der Waals surface area contributed by atoms with E-state index in [-0.39, 0.29) is 10.4 Å². The lowest BCUT2D eigenvalue weighted by molar-refractivity contribution is -0.218. The standard InChI is InChI=1S/C11H9F3N2O2/c1-18-9-4-2-8(3-5-9)15-7-6-10(17)16(15)11(12,13)14/h2-7H,1H3. The molecule has 0 aliphatic carbocycles. The highest BCUT2D eigenvalue weighted by Gasteiger charge is 2.35. The van der Waals surface area contributed by atoms with Gasteiger partial charge in [0.1, 0.15) is 5.75 Å². The van der Waals surface area contributed by atoms with Gasteiger partial charge in [0.05, 0.1) is 12.8 Å². The van der Waals surface area contributed by atoms with Crippen LogP contribution in [-0.4, -0.2) is 16.5 Å². The van der Waals surface area contributed by atoms with Gasteiger partial charge in [-0.2, -0.15) is 4.68 Å². The van der Waals surface area contributed by atoms with E-state index >= 15 is 0 Å². The Morgan fingerprint density at radius 1 is 1.11 bits per heavy atom. The largest absolute Gasteiger partial charge is 0.506 e. The van der Waals surface area contributed by atoms with Crippen LogP contribution in [0.25, 0.3) is 5.69 Å². The zero-order valence-corrected chi connectivity index (χ0v) is 9.31. The average Bonchev–Trinajstić information content (AvgIpc) is 2.71. The van der Waals surface area contributed by atoms with E-state index in [0.717, 1.165) is 16.9 Å². The van der Waals surface area contributed by atoms with Crippen molar-refractivity contribution < 1.29 is 17.9 Å². The van der Waals surface area contributed by atoms with Crippen molar-refractivity contribution >= 4 is 0 Å². The number of ether oxygens (including phenoxy) is 1. The predicted octanol–water partition coefficient (Wildman–Crippen LogP) is 2.12.